The van der Waals surface area contributed by atoms with E-state index in [0.717, 1.165) is 11.3 Å². The standard InChI is InChI=1S/C15H22N4O/c1-11(9-16)10-19(4)15(20)18-14-7-5-6-13(8-14)12(2)17-3/h5-8,11-12,17H,10H2,1-4H3,(H,18,20). The molecule has 0 aliphatic rings. The molecule has 0 aromatic heterocycles. The highest BCUT2D eigenvalue weighted by atomic mass is 16.2. The highest BCUT2D eigenvalue weighted by Gasteiger charge is 2.12. The second-order valence-electron chi connectivity index (χ2n) is 4.98. The van der Waals surface area contributed by atoms with Crippen molar-refractivity contribution in [1.82, 2.24) is 10.2 Å². The molecule has 0 saturated carbocycles. The molecule has 2 N–H and O–H groups in total. The van der Waals surface area contributed by atoms with Gasteiger partial charge in [-0.15, -0.1) is 0 Å². The van der Waals surface area contributed by atoms with Crippen molar-refractivity contribution in [1.29, 1.82) is 5.26 Å². The van der Waals surface area contributed by atoms with Gasteiger partial charge in [0.25, 0.3) is 0 Å². The summed E-state index contributed by atoms with van der Waals surface area (Å²) in [5.74, 6) is -0.179. The topological polar surface area (TPSA) is 68.2 Å². The summed E-state index contributed by atoms with van der Waals surface area (Å²) in [5, 5.41) is 14.8. The normalized spacial score (nSPS) is 13.2. The number of urea groups is 1. The second kappa shape index (κ2) is 7.51. The van der Waals surface area contributed by atoms with Crippen LogP contribution in [0.1, 0.15) is 25.5 Å². The van der Waals surface area contributed by atoms with E-state index in [9.17, 15) is 4.79 Å². The molecule has 0 aliphatic carbocycles. The zero-order chi connectivity index (χ0) is 15.1. The highest BCUT2D eigenvalue weighted by molar-refractivity contribution is 5.89. The van der Waals surface area contributed by atoms with Crippen molar-refractivity contribution in [3.63, 3.8) is 0 Å². The molecule has 0 heterocycles. The summed E-state index contributed by atoms with van der Waals surface area (Å²) in [6.45, 7) is 4.26. The van der Waals surface area contributed by atoms with Gasteiger partial charge in [-0.3, -0.25) is 0 Å². The van der Waals surface area contributed by atoms with Crippen molar-refractivity contribution < 1.29 is 4.79 Å². The lowest BCUT2D eigenvalue weighted by Gasteiger charge is -2.19. The molecule has 20 heavy (non-hydrogen) atoms. The first kappa shape index (κ1) is 16.0. The van der Waals surface area contributed by atoms with Crippen LogP contribution in [0.2, 0.25) is 0 Å². The molecular formula is C15H22N4O. The summed E-state index contributed by atoms with van der Waals surface area (Å²) in [4.78, 5) is 13.5. The van der Waals surface area contributed by atoms with Gasteiger partial charge in [0.15, 0.2) is 0 Å². The Bertz CT molecular complexity index is 495. The first-order valence-electron chi connectivity index (χ1n) is 6.67. The van der Waals surface area contributed by atoms with Crippen molar-refractivity contribution in [2.45, 2.75) is 19.9 Å². The Labute approximate surface area is 120 Å². The molecule has 2 amide bonds. The molecule has 1 aromatic carbocycles. The molecule has 108 valence electrons. The van der Waals surface area contributed by atoms with Gasteiger partial charge in [0.05, 0.1) is 12.0 Å². The highest BCUT2D eigenvalue weighted by Crippen LogP contribution is 2.17. The maximum absolute atomic E-state index is 12.0. The molecular weight excluding hydrogens is 252 g/mol. The molecule has 0 fully saturated rings. The van der Waals surface area contributed by atoms with Crippen LogP contribution in [0.15, 0.2) is 24.3 Å². The van der Waals surface area contributed by atoms with Crippen molar-refractivity contribution in [3.05, 3.63) is 29.8 Å². The Morgan fingerprint density at radius 3 is 2.75 bits per heavy atom. The van der Waals surface area contributed by atoms with Crippen molar-refractivity contribution in [2.24, 2.45) is 5.92 Å². The molecule has 5 heteroatoms. The summed E-state index contributed by atoms with van der Waals surface area (Å²) in [6, 6.07) is 9.86. The molecule has 0 bridgehead atoms. The van der Waals surface area contributed by atoms with E-state index in [-0.39, 0.29) is 18.0 Å². The van der Waals surface area contributed by atoms with Gasteiger partial charge in [0, 0.05) is 25.3 Å². The monoisotopic (exact) mass is 274 g/mol. The van der Waals surface area contributed by atoms with E-state index < -0.39 is 0 Å². The molecule has 0 radical (unpaired) electrons. The van der Waals surface area contributed by atoms with Crippen LogP contribution < -0.4 is 10.6 Å². The Morgan fingerprint density at radius 2 is 2.15 bits per heavy atom. The SMILES string of the molecule is CNC(C)c1cccc(NC(=O)N(C)CC(C)C#N)c1. The van der Waals surface area contributed by atoms with Gasteiger partial charge in [-0.2, -0.15) is 5.26 Å². The largest absolute Gasteiger partial charge is 0.326 e. The number of hydrogen-bond donors (Lipinski definition) is 2. The lowest BCUT2D eigenvalue weighted by molar-refractivity contribution is 0.219. The first-order valence-corrected chi connectivity index (χ1v) is 6.67. The summed E-state index contributed by atoms with van der Waals surface area (Å²) in [6.07, 6.45) is 0. The van der Waals surface area contributed by atoms with E-state index >= 15 is 0 Å². The molecule has 1 aromatic rings. The number of carbonyl (C=O) groups is 1. The smallest absolute Gasteiger partial charge is 0.321 e. The Kier molecular flexibility index (Phi) is 6.01. The molecule has 0 spiro atoms. The minimum absolute atomic E-state index is 0.179. The molecule has 2 unspecified atom stereocenters. The summed E-state index contributed by atoms with van der Waals surface area (Å²) >= 11 is 0. The van der Waals surface area contributed by atoms with Crippen LogP contribution in [-0.4, -0.2) is 31.6 Å². The lowest BCUT2D eigenvalue weighted by atomic mass is 10.1. The number of nitriles is 1. The third kappa shape index (κ3) is 4.56. The predicted octanol–water partition coefficient (Wildman–Crippen LogP) is 2.59. The van der Waals surface area contributed by atoms with Crippen molar-refractivity contribution in [2.75, 3.05) is 26.0 Å². The molecule has 0 saturated heterocycles. The van der Waals surface area contributed by atoms with Gasteiger partial charge in [0.1, 0.15) is 0 Å². The number of hydrogen-bond acceptors (Lipinski definition) is 3. The summed E-state index contributed by atoms with van der Waals surface area (Å²) in [5.41, 5.74) is 1.87. The number of nitrogens with one attached hydrogen (secondary N) is 2. The number of amides is 2. The fourth-order valence-corrected chi connectivity index (χ4v) is 1.81. The fraction of sp³-hybridized carbons (Fsp3) is 0.467. The number of carbonyl (C=O) groups excluding carboxylic acids is 1. The van der Waals surface area contributed by atoms with Crippen LogP contribution in [0.5, 0.6) is 0 Å². The summed E-state index contributed by atoms with van der Waals surface area (Å²) < 4.78 is 0. The number of benzene rings is 1. The molecule has 5 nitrogen and oxygen atoms in total. The molecule has 1 rings (SSSR count). The summed E-state index contributed by atoms with van der Waals surface area (Å²) in [7, 11) is 3.58. The number of rotatable bonds is 5. The van der Waals surface area contributed by atoms with Crippen molar-refractivity contribution >= 4 is 11.7 Å². The van der Waals surface area contributed by atoms with E-state index in [1.165, 1.54) is 4.90 Å². The van der Waals surface area contributed by atoms with Gasteiger partial charge in [-0.05, 0) is 38.6 Å². The second-order valence-corrected chi connectivity index (χ2v) is 4.98. The lowest BCUT2D eigenvalue weighted by Crippen LogP contribution is -2.34. The minimum atomic E-state index is -0.207. The van der Waals surface area contributed by atoms with E-state index in [4.69, 9.17) is 5.26 Å². The Hall–Kier alpha value is -2.06. The van der Waals surface area contributed by atoms with Gasteiger partial charge >= 0.3 is 6.03 Å². The zero-order valence-corrected chi connectivity index (χ0v) is 12.5. The average Bonchev–Trinajstić information content (AvgIpc) is 2.46. The van der Waals surface area contributed by atoms with E-state index in [2.05, 4.69) is 23.6 Å². The van der Waals surface area contributed by atoms with Crippen LogP contribution >= 0.6 is 0 Å². The van der Waals surface area contributed by atoms with E-state index in [1.807, 2.05) is 31.3 Å². The maximum Gasteiger partial charge on any atom is 0.321 e. The quantitative estimate of drug-likeness (QED) is 0.867. The van der Waals surface area contributed by atoms with E-state index in [0.29, 0.717) is 6.54 Å². The predicted molar refractivity (Wildman–Crippen MR) is 80.3 cm³/mol. The number of nitrogens with zero attached hydrogens (tertiary/aromatic N) is 2. The molecule has 0 aliphatic heterocycles. The minimum Gasteiger partial charge on any atom is -0.326 e. The van der Waals surface area contributed by atoms with Crippen LogP contribution in [0, 0.1) is 17.2 Å². The Balaban J connectivity index is 2.69. The zero-order valence-electron chi connectivity index (χ0n) is 12.5. The maximum atomic E-state index is 12.0. The van der Waals surface area contributed by atoms with Gasteiger partial charge in [-0.1, -0.05) is 12.1 Å². The number of anilines is 1. The Morgan fingerprint density at radius 1 is 1.45 bits per heavy atom. The van der Waals surface area contributed by atoms with Crippen LogP contribution in [0.3, 0.4) is 0 Å². The van der Waals surface area contributed by atoms with Gasteiger partial charge in [-0.25, -0.2) is 4.79 Å². The van der Waals surface area contributed by atoms with Crippen LogP contribution in [0.25, 0.3) is 0 Å². The fourth-order valence-electron chi connectivity index (χ4n) is 1.81. The van der Waals surface area contributed by atoms with Crippen LogP contribution in [0.4, 0.5) is 10.5 Å². The van der Waals surface area contributed by atoms with Crippen molar-refractivity contribution in [3.8, 4) is 6.07 Å². The third-order valence-electron chi connectivity index (χ3n) is 3.19. The van der Waals surface area contributed by atoms with Gasteiger partial charge in [0.2, 0.25) is 0 Å². The first-order chi connectivity index (χ1) is 9.47. The third-order valence-corrected chi connectivity index (χ3v) is 3.19. The average molecular weight is 274 g/mol. The van der Waals surface area contributed by atoms with Gasteiger partial charge < -0.3 is 15.5 Å². The van der Waals surface area contributed by atoms with Crippen LogP contribution in [-0.2, 0) is 0 Å². The van der Waals surface area contributed by atoms with E-state index in [1.54, 1.807) is 14.0 Å². The molecule has 2 atom stereocenters.